The molecule has 0 amide bonds. The zero-order valence-corrected chi connectivity index (χ0v) is 9.07. The lowest BCUT2D eigenvalue weighted by Gasteiger charge is -1.99. The molecular formula is C9H12N2O3S. The first kappa shape index (κ1) is 11.7. The van der Waals surface area contributed by atoms with Gasteiger partial charge in [-0.2, -0.15) is 0 Å². The number of sulfonamides is 1. The molecule has 2 N–H and O–H groups in total. The molecule has 1 aromatic carbocycles. The van der Waals surface area contributed by atoms with Crippen molar-refractivity contribution in [1.82, 2.24) is 0 Å². The summed E-state index contributed by atoms with van der Waals surface area (Å²) < 4.78 is 21.9. The maximum atomic E-state index is 10.9. The number of hydrogen-bond donors (Lipinski definition) is 1. The van der Waals surface area contributed by atoms with E-state index in [4.69, 9.17) is 5.14 Å². The van der Waals surface area contributed by atoms with E-state index in [9.17, 15) is 8.42 Å². The van der Waals surface area contributed by atoms with Gasteiger partial charge in [-0.05, 0) is 17.7 Å². The summed E-state index contributed by atoms with van der Waals surface area (Å²) in [6.45, 7) is 0. The molecule has 0 bridgehead atoms. The first-order valence-corrected chi connectivity index (χ1v) is 5.75. The van der Waals surface area contributed by atoms with Crippen molar-refractivity contribution in [3.8, 4) is 0 Å². The summed E-state index contributed by atoms with van der Waals surface area (Å²) in [4.78, 5) is 4.60. The molecule has 0 heterocycles. The molecule has 0 atom stereocenters. The number of rotatable bonds is 4. The molecule has 0 unspecified atom stereocenters. The highest BCUT2D eigenvalue weighted by molar-refractivity contribution is 7.89. The van der Waals surface area contributed by atoms with Gasteiger partial charge in [-0.25, -0.2) is 13.6 Å². The van der Waals surface area contributed by atoms with Crippen LogP contribution >= 0.6 is 0 Å². The number of primary sulfonamides is 1. The van der Waals surface area contributed by atoms with Crippen LogP contribution in [0.25, 0.3) is 0 Å². The molecule has 0 aliphatic heterocycles. The molecule has 82 valence electrons. The summed E-state index contributed by atoms with van der Waals surface area (Å²) in [6, 6.07) is 6.29. The van der Waals surface area contributed by atoms with Gasteiger partial charge < -0.3 is 4.84 Å². The van der Waals surface area contributed by atoms with Crippen LogP contribution in [-0.4, -0.2) is 21.7 Å². The van der Waals surface area contributed by atoms with Crippen molar-refractivity contribution >= 4 is 16.2 Å². The van der Waals surface area contributed by atoms with Crippen molar-refractivity contribution < 1.29 is 13.3 Å². The highest BCUT2D eigenvalue weighted by Crippen LogP contribution is 2.08. The number of nitrogens with zero attached hydrogens (tertiary/aromatic N) is 1. The normalized spacial score (nSPS) is 11.9. The van der Waals surface area contributed by atoms with Gasteiger partial charge in [-0.3, -0.25) is 0 Å². The van der Waals surface area contributed by atoms with Crippen molar-refractivity contribution in [2.45, 2.75) is 11.3 Å². The summed E-state index contributed by atoms with van der Waals surface area (Å²) in [7, 11) is -2.14. The van der Waals surface area contributed by atoms with Gasteiger partial charge in [0, 0.05) is 12.6 Å². The molecule has 6 heteroatoms. The van der Waals surface area contributed by atoms with Crippen LogP contribution in [0.2, 0.25) is 0 Å². The quantitative estimate of drug-likeness (QED) is 0.602. The Morgan fingerprint density at radius 3 is 2.47 bits per heavy atom. The molecule has 5 nitrogen and oxygen atoms in total. The zero-order valence-electron chi connectivity index (χ0n) is 8.25. The van der Waals surface area contributed by atoms with E-state index < -0.39 is 10.0 Å². The molecule has 1 aromatic rings. The Balaban J connectivity index is 2.77. The monoisotopic (exact) mass is 228 g/mol. The molecule has 0 fully saturated rings. The number of oxime groups is 1. The summed E-state index contributed by atoms with van der Waals surface area (Å²) in [5, 5.41) is 8.52. The van der Waals surface area contributed by atoms with Gasteiger partial charge in [0.25, 0.3) is 0 Å². The van der Waals surface area contributed by atoms with E-state index in [1.165, 1.54) is 19.2 Å². The van der Waals surface area contributed by atoms with Crippen LogP contribution in [0.15, 0.2) is 34.3 Å². The van der Waals surface area contributed by atoms with Crippen LogP contribution in [0.5, 0.6) is 0 Å². The van der Waals surface area contributed by atoms with Gasteiger partial charge in [0.2, 0.25) is 10.0 Å². The summed E-state index contributed by atoms with van der Waals surface area (Å²) in [6.07, 6.45) is 2.17. The molecule has 0 aliphatic rings. The third-order valence-electron chi connectivity index (χ3n) is 1.76. The Morgan fingerprint density at radius 1 is 1.40 bits per heavy atom. The van der Waals surface area contributed by atoms with Crippen LogP contribution in [0.1, 0.15) is 5.56 Å². The number of hydrogen-bond acceptors (Lipinski definition) is 4. The predicted octanol–water partition coefficient (Wildman–Crippen LogP) is 0.509. The van der Waals surface area contributed by atoms with Crippen LogP contribution < -0.4 is 5.14 Å². The maximum Gasteiger partial charge on any atom is 0.238 e. The van der Waals surface area contributed by atoms with E-state index in [0.29, 0.717) is 6.42 Å². The van der Waals surface area contributed by atoms with E-state index in [1.807, 2.05) is 0 Å². The van der Waals surface area contributed by atoms with Gasteiger partial charge in [-0.1, -0.05) is 17.3 Å². The average molecular weight is 228 g/mol. The Labute approximate surface area is 88.6 Å². The third-order valence-corrected chi connectivity index (χ3v) is 2.69. The van der Waals surface area contributed by atoms with Crippen molar-refractivity contribution in [3.05, 3.63) is 29.8 Å². The highest BCUT2D eigenvalue weighted by Gasteiger charge is 2.05. The van der Waals surface area contributed by atoms with Gasteiger partial charge in [-0.15, -0.1) is 0 Å². The number of nitrogens with two attached hydrogens (primary N) is 1. The Hall–Kier alpha value is -1.40. The Bertz CT molecular complexity index is 437. The fourth-order valence-corrected chi connectivity index (χ4v) is 1.55. The van der Waals surface area contributed by atoms with Gasteiger partial charge in [0.15, 0.2) is 0 Å². The van der Waals surface area contributed by atoms with Gasteiger partial charge >= 0.3 is 0 Å². The zero-order chi connectivity index (χ0) is 11.3. The highest BCUT2D eigenvalue weighted by atomic mass is 32.2. The van der Waals surface area contributed by atoms with Gasteiger partial charge in [0.05, 0.1) is 4.90 Å². The molecule has 0 saturated carbocycles. The molecule has 1 rings (SSSR count). The lowest BCUT2D eigenvalue weighted by Crippen LogP contribution is -2.11. The van der Waals surface area contributed by atoms with E-state index in [1.54, 1.807) is 18.3 Å². The minimum absolute atomic E-state index is 0.106. The molecule has 0 saturated heterocycles. The Kier molecular flexibility index (Phi) is 3.81. The minimum atomic E-state index is -3.60. The predicted molar refractivity (Wildman–Crippen MR) is 57.0 cm³/mol. The standard InChI is InChI=1S/C9H12N2O3S/c1-14-11-7-6-8-2-4-9(5-3-8)15(10,12)13/h2-5,7H,6H2,1H3,(H2,10,12,13). The van der Waals surface area contributed by atoms with Gasteiger partial charge in [0.1, 0.15) is 7.11 Å². The van der Waals surface area contributed by atoms with Crippen LogP contribution in [0.3, 0.4) is 0 Å². The second kappa shape index (κ2) is 4.90. The second-order valence-electron chi connectivity index (χ2n) is 2.86. The molecule has 0 aliphatic carbocycles. The number of benzene rings is 1. The average Bonchev–Trinajstić information content (AvgIpc) is 2.18. The first-order chi connectivity index (χ1) is 7.04. The largest absolute Gasteiger partial charge is 0.399 e. The summed E-state index contributed by atoms with van der Waals surface area (Å²) in [5.74, 6) is 0. The SMILES string of the molecule is CON=CCc1ccc(S(N)(=O)=O)cc1. The second-order valence-corrected chi connectivity index (χ2v) is 4.43. The van der Waals surface area contributed by atoms with Crippen molar-refractivity contribution in [3.63, 3.8) is 0 Å². The van der Waals surface area contributed by atoms with E-state index in [-0.39, 0.29) is 4.90 Å². The molecular weight excluding hydrogens is 216 g/mol. The lowest BCUT2D eigenvalue weighted by atomic mass is 10.2. The maximum absolute atomic E-state index is 10.9. The van der Waals surface area contributed by atoms with Crippen LogP contribution in [0, 0.1) is 0 Å². The van der Waals surface area contributed by atoms with Crippen LogP contribution in [-0.2, 0) is 21.3 Å². The molecule has 15 heavy (non-hydrogen) atoms. The smallest absolute Gasteiger partial charge is 0.238 e. The minimum Gasteiger partial charge on any atom is -0.399 e. The first-order valence-electron chi connectivity index (χ1n) is 4.21. The molecule has 0 spiro atoms. The fraction of sp³-hybridized carbons (Fsp3) is 0.222. The topological polar surface area (TPSA) is 81.8 Å². The van der Waals surface area contributed by atoms with Crippen molar-refractivity contribution in [1.29, 1.82) is 0 Å². The van der Waals surface area contributed by atoms with E-state index in [2.05, 4.69) is 9.99 Å². The van der Waals surface area contributed by atoms with E-state index >= 15 is 0 Å². The third kappa shape index (κ3) is 3.69. The lowest BCUT2D eigenvalue weighted by molar-refractivity contribution is 0.215. The fourth-order valence-electron chi connectivity index (χ4n) is 1.03. The molecule has 0 aromatic heterocycles. The van der Waals surface area contributed by atoms with Crippen molar-refractivity contribution in [2.24, 2.45) is 10.3 Å². The van der Waals surface area contributed by atoms with Crippen molar-refractivity contribution in [2.75, 3.05) is 7.11 Å². The Morgan fingerprint density at radius 2 is 2.00 bits per heavy atom. The van der Waals surface area contributed by atoms with Crippen LogP contribution in [0.4, 0.5) is 0 Å². The van der Waals surface area contributed by atoms with E-state index in [0.717, 1.165) is 5.56 Å². The molecule has 0 radical (unpaired) electrons. The summed E-state index contributed by atoms with van der Waals surface area (Å²) in [5.41, 5.74) is 0.934. The summed E-state index contributed by atoms with van der Waals surface area (Å²) >= 11 is 0.